The minimum Gasteiger partial charge on any atom is -0.317 e. The highest BCUT2D eigenvalue weighted by Crippen LogP contribution is 2.29. The van der Waals surface area contributed by atoms with Crippen molar-refractivity contribution in [1.82, 2.24) is 5.32 Å². The van der Waals surface area contributed by atoms with Gasteiger partial charge in [-0.3, -0.25) is 0 Å². The molecular formula is C12H15BrClN. The highest BCUT2D eigenvalue weighted by molar-refractivity contribution is 9.10. The Labute approximate surface area is 104 Å². The summed E-state index contributed by atoms with van der Waals surface area (Å²) in [6.45, 7) is 2.29. The van der Waals surface area contributed by atoms with E-state index in [4.69, 9.17) is 11.6 Å². The molecule has 1 aliphatic heterocycles. The lowest BCUT2D eigenvalue weighted by molar-refractivity contribution is 0.372. The maximum atomic E-state index is 6.20. The van der Waals surface area contributed by atoms with E-state index in [1.165, 1.54) is 18.4 Å². The molecule has 0 unspecified atom stereocenters. The van der Waals surface area contributed by atoms with Gasteiger partial charge < -0.3 is 5.32 Å². The smallest absolute Gasteiger partial charge is 0.0449 e. The van der Waals surface area contributed by atoms with Gasteiger partial charge in [0.1, 0.15) is 0 Å². The summed E-state index contributed by atoms with van der Waals surface area (Å²) >= 11 is 9.78. The van der Waals surface area contributed by atoms with Gasteiger partial charge in [0.2, 0.25) is 0 Å². The van der Waals surface area contributed by atoms with E-state index in [-0.39, 0.29) is 0 Å². The van der Waals surface area contributed by atoms with E-state index in [1.807, 2.05) is 12.1 Å². The highest BCUT2D eigenvalue weighted by Gasteiger charge is 2.16. The molecule has 1 nitrogen and oxygen atoms in total. The molecule has 2 rings (SSSR count). The third-order valence-electron chi connectivity index (χ3n) is 3.01. The molecule has 82 valence electrons. The zero-order valence-corrected chi connectivity index (χ0v) is 10.9. The Balaban J connectivity index is 2.09. The number of hydrogen-bond donors (Lipinski definition) is 1. The molecular weight excluding hydrogens is 273 g/mol. The third kappa shape index (κ3) is 2.96. The van der Waals surface area contributed by atoms with Crippen LogP contribution in [-0.2, 0) is 6.42 Å². The summed E-state index contributed by atoms with van der Waals surface area (Å²) in [6, 6.07) is 6.03. The lowest BCUT2D eigenvalue weighted by Gasteiger charge is -2.23. The van der Waals surface area contributed by atoms with E-state index in [0.717, 1.165) is 34.9 Å². The van der Waals surface area contributed by atoms with Crippen molar-refractivity contribution in [2.75, 3.05) is 13.1 Å². The van der Waals surface area contributed by atoms with Gasteiger partial charge in [-0.25, -0.2) is 0 Å². The normalized spacial score (nSPS) is 18.0. The van der Waals surface area contributed by atoms with Crippen molar-refractivity contribution in [3.05, 3.63) is 33.3 Å². The monoisotopic (exact) mass is 287 g/mol. The first kappa shape index (κ1) is 11.4. The molecule has 0 saturated carbocycles. The molecule has 1 fully saturated rings. The Hall–Kier alpha value is -0.0500. The van der Waals surface area contributed by atoms with Gasteiger partial charge in [0.05, 0.1) is 0 Å². The van der Waals surface area contributed by atoms with E-state index in [1.54, 1.807) is 0 Å². The van der Waals surface area contributed by atoms with Gasteiger partial charge in [-0.1, -0.05) is 33.6 Å². The topological polar surface area (TPSA) is 12.0 Å². The first-order chi connectivity index (χ1) is 7.27. The molecule has 0 radical (unpaired) electrons. The predicted molar refractivity (Wildman–Crippen MR) is 68.4 cm³/mol. The van der Waals surface area contributed by atoms with Gasteiger partial charge in [0.25, 0.3) is 0 Å². The van der Waals surface area contributed by atoms with Crippen LogP contribution in [0.5, 0.6) is 0 Å². The van der Waals surface area contributed by atoms with Crippen molar-refractivity contribution < 1.29 is 0 Å². The van der Waals surface area contributed by atoms with Crippen LogP contribution in [0.15, 0.2) is 22.7 Å². The third-order valence-corrected chi connectivity index (χ3v) is 4.11. The molecule has 1 aromatic carbocycles. The van der Waals surface area contributed by atoms with Crippen LogP contribution in [0.2, 0.25) is 5.02 Å². The summed E-state index contributed by atoms with van der Waals surface area (Å²) in [4.78, 5) is 0. The zero-order valence-electron chi connectivity index (χ0n) is 8.60. The van der Waals surface area contributed by atoms with Crippen LogP contribution in [0.3, 0.4) is 0 Å². The minimum absolute atomic E-state index is 0.780. The fourth-order valence-electron chi connectivity index (χ4n) is 2.10. The summed E-state index contributed by atoms with van der Waals surface area (Å²) < 4.78 is 1.15. The van der Waals surface area contributed by atoms with Gasteiger partial charge in [-0.05, 0) is 56.0 Å². The van der Waals surface area contributed by atoms with Gasteiger partial charge in [-0.15, -0.1) is 0 Å². The lowest BCUT2D eigenvalue weighted by atomic mass is 9.91. The van der Waals surface area contributed by atoms with Crippen LogP contribution in [0.4, 0.5) is 0 Å². The van der Waals surface area contributed by atoms with Crippen LogP contribution in [-0.4, -0.2) is 13.1 Å². The van der Waals surface area contributed by atoms with E-state index >= 15 is 0 Å². The molecule has 1 heterocycles. The van der Waals surface area contributed by atoms with Gasteiger partial charge in [0.15, 0.2) is 0 Å². The molecule has 0 atom stereocenters. The highest BCUT2D eigenvalue weighted by atomic mass is 79.9. The molecule has 15 heavy (non-hydrogen) atoms. The average Bonchev–Trinajstić information content (AvgIpc) is 2.25. The Morgan fingerprint density at radius 1 is 1.33 bits per heavy atom. The molecule has 1 aliphatic rings. The second-order valence-electron chi connectivity index (χ2n) is 4.10. The quantitative estimate of drug-likeness (QED) is 0.876. The summed E-state index contributed by atoms with van der Waals surface area (Å²) in [5.41, 5.74) is 1.27. The Morgan fingerprint density at radius 3 is 2.73 bits per heavy atom. The second kappa shape index (κ2) is 5.33. The van der Waals surface area contributed by atoms with Crippen LogP contribution in [0.1, 0.15) is 18.4 Å². The maximum absolute atomic E-state index is 6.20. The average molecular weight is 289 g/mol. The lowest BCUT2D eigenvalue weighted by Crippen LogP contribution is -2.28. The zero-order chi connectivity index (χ0) is 10.7. The number of halogens is 2. The summed E-state index contributed by atoms with van der Waals surface area (Å²) in [5, 5.41) is 4.28. The van der Waals surface area contributed by atoms with Crippen LogP contribution >= 0.6 is 27.5 Å². The van der Waals surface area contributed by atoms with E-state index in [2.05, 4.69) is 27.3 Å². The number of nitrogens with one attached hydrogen (secondary N) is 1. The number of piperidine rings is 1. The van der Waals surface area contributed by atoms with Gasteiger partial charge in [0, 0.05) is 9.50 Å². The molecule has 0 amide bonds. The van der Waals surface area contributed by atoms with Crippen molar-refractivity contribution in [2.24, 2.45) is 5.92 Å². The summed E-state index contributed by atoms with van der Waals surface area (Å²) in [5.74, 6) is 0.780. The molecule has 1 N–H and O–H groups in total. The van der Waals surface area contributed by atoms with Gasteiger partial charge in [-0.2, -0.15) is 0 Å². The molecule has 0 aliphatic carbocycles. The molecule has 0 bridgehead atoms. The minimum atomic E-state index is 0.780. The Kier molecular flexibility index (Phi) is 4.06. The molecule has 0 spiro atoms. The second-order valence-corrected chi connectivity index (χ2v) is 5.36. The molecule has 1 aromatic rings. The number of rotatable bonds is 2. The standard InChI is InChI=1S/C12H15BrClN/c13-11-2-1-3-12(14)10(11)8-9-4-6-15-7-5-9/h1-3,9,15H,4-8H2. The Bertz CT molecular complexity index is 314. The van der Waals surface area contributed by atoms with E-state index in [9.17, 15) is 0 Å². The van der Waals surface area contributed by atoms with Crippen LogP contribution in [0.25, 0.3) is 0 Å². The number of benzene rings is 1. The van der Waals surface area contributed by atoms with Crippen molar-refractivity contribution in [1.29, 1.82) is 0 Å². The first-order valence-corrected chi connectivity index (χ1v) is 6.58. The van der Waals surface area contributed by atoms with E-state index < -0.39 is 0 Å². The first-order valence-electron chi connectivity index (χ1n) is 5.41. The molecule has 3 heteroatoms. The van der Waals surface area contributed by atoms with Crippen LogP contribution in [0, 0.1) is 5.92 Å². The fourth-order valence-corrected chi connectivity index (χ4v) is 3.00. The van der Waals surface area contributed by atoms with Crippen molar-refractivity contribution >= 4 is 27.5 Å². The van der Waals surface area contributed by atoms with Gasteiger partial charge >= 0.3 is 0 Å². The van der Waals surface area contributed by atoms with Crippen molar-refractivity contribution in [3.63, 3.8) is 0 Å². The molecule has 1 saturated heterocycles. The largest absolute Gasteiger partial charge is 0.317 e. The van der Waals surface area contributed by atoms with Crippen molar-refractivity contribution in [3.8, 4) is 0 Å². The van der Waals surface area contributed by atoms with Crippen molar-refractivity contribution in [2.45, 2.75) is 19.3 Å². The molecule has 0 aromatic heterocycles. The Morgan fingerprint density at radius 2 is 2.07 bits per heavy atom. The predicted octanol–water partition coefficient (Wildman–Crippen LogP) is 3.64. The summed E-state index contributed by atoms with van der Waals surface area (Å²) in [6.07, 6.45) is 3.62. The van der Waals surface area contributed by atoms with Crippen LogP contribution < -0.4 is 5.32 Å². The fraction of sp³-hybridized carbons (Fsp3) is 0.500. The van der Waals surface area contributed by atoms with E-state index in [0.29, 0.717) is 0 Å². The summed E-state index contributed by atoms with van der Waals surface area (Å²) in [7, 11) is 0. The SMILES string of the molecule is Clc1cccc(Br)c1CC1CCNCC1. The maximum Gasteiger partial charge on any atom is 0.0449 e. The number of hydrogen-bond acceptors (Lipinski definition) is 1.